The van der Waals surface area contributed by atoms with Gasteiger partial charge in [0.2, 0.25) is 0 Å². The van der Waals surface area contributed by atoms with Crippen molar-refractivity contribution in [1.29, 1.82) is 0 Å². The average molecular weight is 361 g/mol. The number of urea groups is 1. The van der Waals surface area contributed by atoms with E-state index < -0.39 is 0 Å². The first-order valence-electron chi connectivity index (χ1n) is 8.49. The number of carbonyl (C=O) groups excluding carboxylic acids is 1. The van der Waals surface area contributed by atoms with Crippen molar-refractivity contribution in [3.63, 3.8) is 0 Å². The van der Waals surface area contributed by atoms with Crippen LogP contribution in [0.3, 0.4) is 0 Å². The Kier molecular flexibility index (Phi) is 7.70. The van der Waals surface area contributed by atoms with Crippen LogP contribution in [0, 0.1) is 5.92 Å². The first-order valence-corrected chi connectivity index (χ1v) is 8.87. The summed E-state index contributed by atoms with van der Waals surface area (Å²) in [7, 11) is 0. The summed E-state index contributed by atoms with van der Waals surface area (Å²) >= 11 is 5.80. The van der Waals surface area contributed by atoms with E-state index in [0.717, 1.165) is 31.1 Å². The van der Waals surface area contributed by atoms with Crippen LogP contribution in [-0.4, -0.2) is 25.3 Å². The number of hydrogen-bond donors (Lipinski definition) is 3. The zero-order chi connectivity index (χ0) is 18.1. The van der Waals surface area contributed by atoms with E-state index in [1.165, 1.54) is 24.6 Å². The number of allylic oxidation sites excluding steroid dienone is 2. The van der Waals surface area contributed by atoms with Gasteiger partial charge in [-0.3, -0.25) is 5.32 Å². The molecule has 1 aromatic rings. The molecule has 0 aromatic heterocycles. The van der Waals surface area contributed by atoms with Crippen LogP contribution in [-0.2, 0) is 6.42 Å². The number of rotatable bonds is 7. The normalized spacial score (nSPS) is 17.7. The van der Waals surface area contributed by atoms with Gasteiger partial charge in [-0.05, 0) is 62.9 Å². The highest BCUT2D eigenvalue weighted by Crippen LogP contribution is 2.17. The number of benzene rings is 1. The fourth-order valence-corrected chi connectivity index (χ4v) is 2.67. The SMILES string of the molecule is C=C(N=C/C(Cl)=C\C)NC(=O)Nc1ccc(CCC2CCNC2)cc1. The van der Waals surface area contributed by atoms with E-state index in [-0.39, 0.29) is 11.9 Å². The highest BCUT2D eigenvalue weighted by molar-refractivity contribution is 6.39. The summed E-state index contributed by atoms with van der Waals surface area (Å²) < 4.78 is 0. The van der Waals surface area contributed by atoms with Gasteiger partial charge in [0.1, 0.15) is 5.82 Å². The number of carbonyl (C=O) groups is 1. The predicted molar refractivity (Wildman–Crippen MR) is 105 cm³/mol. The van der Waals surface area contributed by atoms with Crippen LogP contribution in [0.4, 0.5) is 10.5 Å². The molecule has 2 amide bonds. The van der Waals surface area contributed by atoms with Crippen molar-refractivity contribution in [2.24, 2.45) is 10.9 Å². The highest BCUT2D eigenvalue weighted by atomic mass is 35.5. The third-order valence-corrected chi connectivity index (χ3v) is 4.41. The number of anilines is 1. The third kappa shape index (κ3) is 7.11. The van der Waals surface area contributed by atoms with Gasteiger partial charge in [0.25, 0.3) is 0 Å². The second-order valence-corrected chi connectivity index (χ2v) is 6.49. The summed E-state index contributed by atoms with van der Waals surface area (Å²) in [6.07, 6.45) is 6.66. The number of aryl methyl sites for hydroxylation is 1. The molecule has 1 aliphatic heterocycles. The van der Waals surface area contributed by atoms with Crippen molar-refractivity contribution in [1.82, 2.24) is 10.6 Å². The fraction of sp³-hybridized carbons (Fsp3) is 0.368. The smallest absolute Gasteiger partial charge is 0.316 e. The zero-order valence-corrected chi connectivity index (χ0v) is 15.3. The fourth-order valence-electron chi connectivity index (χ4n) is 2.63. The van der Waals surface area contributed by atoms with Crippen LogP contribution < -0.4 is 16.0 Å². The standard InChI is InChI=1S/C19H25ClN4O/c1-3-17(20)13-22-14(2)23-19(25)24-18-8-6-15(7-9-18)4-5-16-10-11-21-12-16/h3,6-9,13,16,21H,2,4-5,10-12H2,1H3,(H2,23,24,25)/b17-3+,22-13?. The Labute approximate surface area is 154 Å². The molecule has 1 unspecified atom stereocenters. The average Bonchev–Trinajstić information content (AvgIpc) is 3.12. The molecule has 2 rings (SSSR count). The second-order valence-electron chi connectivity index (χ2n) is 6.05. The maximum Gasteiger partial charge on any atom is 0.324 e. The Bertz CT molecular complexity index is 646. The lowest BCUT2D eigenvalue weighted by Gasteiger charge is -2.10. The summed E-state index contributed by atoms with van der Waals surface area (Å²) in [6, 6.07) is 7.53. The minimum Gasteiger partial charge on any atom is -0.316 e. The molecule has 25 heavy (non-hydrogen) atoms. The van der Waals surface area contributed by atoms with E-state index in [1.807, 2.05) is 12.1 Å². The molecule has 3 N–H and O–H groups in total. The van der Waals surface area contributed by atoms with Gasteiger partial charge in [0, 0.05) is 11.9 Å². The van der Waals surface area contributed by atoms with Gasteiger partial charge in [-0.2, -0.15) is 0 Å². The lowest BCUT2D eigenvalue weighted by atomic mass is 9.99. The van der Waals surface area contributed by atoms with Gasteiger partial charge in [-0.15, -0.1) is 0 Å². The molecule has 0 radical (unpaired) electrons. The molecule has 0 bridgehead atoms. The molecular formula is C19H25ClN4O. The van der Waals surface area contributed by atoms with E-state index >= 15 is 0 Å². The number of hydrogen-bond acceptors (Lipinski definition) is 3. The van der Waals surface area contributed by atoms with Crippen molar-refractivity contribution in [3.8, 4) is 0 Å². The molecule has 1 atom stereocenters. The molecule has 5 nitrogen and oxygen atoms in total. The molecule has 1 saturated heterocycles. The number of nitrogens with zero attached hydrogens (tertiary/aromatic N) is 1. The summed E-state index contributed by atoms with van der Waals surface area (Å²) in [5.41, 5.74) is 2.01. The molecule has 6 heteroatoms. The quantitative estimate of drug-likeness (QED) is 0.642. The van der Waals surface area contributed by atoms with Crippen molar-refractivity contribution < 1.29 is 4.79 Å². The first kappa shape index (κ1) is 19.2. The van der Waals surface area contributed by atoms with Gasteiger partial charge in [0.15, 0.2) is 0 Å². The Morgan fingerprint density at radius 3 is 2.84 bits per heavy atom. The predicted octanol–water partition coefficient (Wildman–Crippen LogP) is 4.03. The van der Waals surface area contributed by atoms with E-state index in [0.29, 0.717) is 5.03 Å². The molecule has 1 fully saturated rings. The van der Waals surface area contributed by atoms with E-state index in [1.54, 1.807) is 13.0 Å². The first-order chi connectivity index (χ1) is 12.1. The lowest BCUT2D eigenvalue weighted by molar-refractivity contribution is 0.254. The van der Waals surface area contributed by atoms with Crippen LogP contribution in [0.15, 0.2) is 52.8 Å². The van der Waals surface area contributed by atoms with Crippen LogP contribution in [0.5, 0.6) is 0 Å². The lowest BCUT2D eigenvalue weighted by Crippen LogP contribution is -2.27. The minimum absolute atomic E-state index is 0.222. The molecule has 0 saturated carbocycles. The number of halogens is 1. The van der Waals surface area contributed by atoms with Crippen molar-refractivity contribution >= 4 is 29.5 Å². The van der Waals surface area contributed by atoms with E-state index in [4.69, 9.17) is 11.6 Å². The summed E-state index contributed by atoms with van der Waals surface area (Å²) in [6.45, 7) is 7.72. The topological polar surface area (TPSA) is 65.5 Å². The van der Waals surface area contributed by atoms with Crippen LogP contribution in [0.1, 0.15) is 25.3 Å². The van der Waals surface area contributed by atoms with Gasteiger partial charge < -0.3 is 10.6 Å². The van der Waals surface area contributed by atoms with Crippen LogP contribution in [0.25, 0.3) is 0 Å². The number of amides is 2. The van der Waals surface area contributed by atoms with E-state index in [9.17, 15) is 4.79 Å². The maximum absolute atomic E-state index is 11.9. The summed E-state index contributed by atoms with van der Waals surface area (Å²) in [4.78, 5) is 15.9. The molecule has 134 valence electrons. The molecule has 1 heterocycles. The Hall–Kier alpha value is -2.11. The molecule has 0 spiro atoms. The Balaban J connectivity index is 1.76. The Morgan fingerprint density at radius 2 is 2.20 bits per heavy atom. The summed E-state index contributed by atoms with van der Waals surface area (Å²) in [5, 5.41) is 9.18. The van der Waals surface area contributed by atoms with E-state index in [2.05, 4.69) is 39.7 Å². The second kappa shape index (κ2) is 10.0. The monoisotopic (exact) mass is 360 g/mol. The van der Waals surface area contributed by atoms with Crippen molar-refractivity contribution in [3.05, 3.63) is 53.3 Å². The molecule has 1 aromatic carbocycles. The summed E-state index contributed by atoms with van der Waals surface area (Å²) in [5.74, 6) is 1.01. The Morgan fingerprint density at radius 1 is 1.44 bits per heavy atom. The van der Waals surface area contributed by atoms with Crippen LogP contribution >= 0.6 is 11.6 Å². The minimum atomic E-state index is -0.386. The highest BCUT2D eigenvalue weighted by Gasteiger charge is 2.13. The number of aliphatic imine (C=N–C) groups is 1. The van der Waals surface area contributed by atoms with Gasteiger partial charge in [-0.1, -0.05) is 36.4 Å². The molecule has 0 aliphatic carbocycles. The van der Waals surface area contributed by atoms with Gasteiger partial charge in [-0.25, -0.2) is 9.79 Å². The third-order valence-electron chi connectivity index (χ3n) is 4.09. The van der Waals surface area contributed by atoms with Gasteiger partial charge in [0.05, 0.1) is 5.03 Å². The van der Waals surface area contributed by atoms with Crippen LogP contribution in [0.2, 0.25) is 0 Å². The number of nitrogens with one attached hydrogen (secondary N) is 3. The molecule has 1 aliphatic rings. The molecular weight excluding hydrogens is 336 g/mol. The van der Waals surface area contributed by atoms with Crippen molar-refractivity contribution in [2.75, 3.05) is 18.4 Å². The van der Waals surface area contributed by atoms with Crippen molar-refractivity contribution in [2.45, 2.75) is 26.2 Å². The maximum atomic E-state index is 11.9. The largest absolute Gasteiger partial charge is 0.324 e. The zero-order valence-electron chi connectivity index (χ0n) is 14.5. The van der Waals surface area contributed by atoms with Gasteiger partial charge >= 0.3 is 6.03 Å².